The molecule has 1 radical (unpaired) electrons. The van der Waals surface area contributed by atoms with Gasteiger partial charge in [-0.1, -0.05) is 12.1 Å². The van der Waals surface area contributed by atoms with Crippen molar-refractivity contribution >= 4 is 40.0 Å². The summed E-state index contributed by atoms with van der Waals surface area (Å²) in [6.07, 6.45) is 0. The van der Waals surface area contributed by atoms with Crippen LogP contribution in [0, 0.1) is 0 Å². The third-order valence-electron chi connectivity index (χ3n) is 6.43. The second-order valence-corrected chi connectivity index (χ2v) is 11.0. The van der Waals surface area contributed by atoms with E-state index in [1.807, 2.05) is 60.7 Å². The number of aromatic nitrogens is 3. The van der Waals surface area contributed by atoms with E-state index in [9.17, 15) is 0 Å². The van der Waals surface area contributed by atoms with Gasteiger partial charge in [-0.15, -0.1) is 0 Å². The fraction of sp³-hybridized carbons (Fsp3) is 0. The van der Waals surface area contributed by atoms with Crippen LogP contribution in [-0.4, -0.2) is 34.0 Å². The van der Waals surface area contributed by atoms with Gasteiger partial charge in [0, 0.05) is 0 Å². The Hall–Kier alpha value is -4.44. The summed E-state index contributed by atoms with van der Waals surface area (Å²) in [6, 6.07) is 41.7. The van der Waals surface area contributed by atoms with Crippen molar-refractivity contribution in [3.05, 3.63) is 127 Å². The molecule has 0 bridgehead atoms. The van der Waals surface area contributed by atoms with Crippen molar-refractivity contribution in [3.8, 4) is 34.2 Å². The molecule has 5 heteroatoms. The number of hydrogen-bond acceptors (Lipinski definition) is 4. The van der Waals surface area contributed by atoms with Crippen molar-refractivity contribution < 1.29 is 0 Å². The van der Waals surface area contributed by atoms with Crippen LogP contribution in [0.4, 0.5) is 5.69 Å². The van der Waals surface area contributed by atoms with E-state index >= 15 is 0 Å². The molecule has 0 aliphatic carbocycles. The van der Waals surface area contributed by atoms with Gasteiger partial charge in [-0.3, -0.25) is 0 Å². The first-order valence-electron chi connectivity index (χ1n) is 12.1. The fourth-order valence-corrected chi connectivity index (χ4v) is 6.72. The van der Waals surface area contributed by atoms with Gasteiger partial charge in [0.15, 0.2) is 0 Å². The van der Waals surface area contributed by atoms with Gasteiger partial charge in [0.25, 0.3) is 0 Å². The zero-order valence-corrected chi connectivity index (χ0v) is 21.5. The maximum atomic E-state index is 4.89. The minimum atomic E-state index is 0.257. The van der Waals surface area contributed by atoms with Gasteiger partial charge in [-0.05, 0) is 0 Å². The summed E-state index contributed by atoms with van der Waals surface area (Å²) < 4.78 is 2.68. The van der Waals surface area contributed by atoms with E-state index in [4.69, 9.17) is 15.0 Å². The summed E-state index contributed by atoms with van der Waals surface area (Å²) in [5.41, 5.74) is 5.39. The van der Waals surface area contributed by atoms with Crippen LogP contribution in [0.2, 0.25) is 0 Å². The first-order valence-corrected chi connectivity index (χ1v) is 13.8. The summed E-state index contributed by atoms with van der Waals surface area (Å²) >= 11 is 0.257. The van der Waals surface area contributed by atoms with Gasteiger partial charge in [-0.25, -0.2) is 0 Å². The molecular weight excluding hydrogens is 519 g/mol. The van der Waals surface area contributed by atoms with Crippen LogP contribution in [0.3, 0.4) is 0 Å². The Morgan fingerprint density at radius 1 is 0.486 bits per heavy atom. The fourth-order valence-electron chi connectivity index (χ4n) is 4.57. The van der Waals surface area contributed by atoms with Crippen molar-refractivity contribution in [3.63, 3.8) is 0 Å². The quantitative estimate of drug-likeness (QED) is 0.281. The van der Waals surface area contributed by atoms with Crippen molar-refractivity contribution in [1.29, 1.82) is 0 Å². The third-order valence-corrected chi connectivity index (χ3v) is 8.74. The van der Waals surface area contributed by atoms with E-state index < -0.39 is 0 Å². The molecule has 0 atom stereocenters. The number of rotatable bonds is 4. The summed E-state index contributed by atoms with van der Waals surface area (Å²) in [7, 11) is 0. The molecule has 175 valence electrons. The average molecular weight is 541 g/mol. The molecule has 1 aliphatic heterocycles. The van der Waals surface area contributed by atoms with E-state index in [2.05, 4.69) is 66.0 Å². The van der Waals surface area contributed by atoms with E-state index in [-0.39, 0.29) is 14.5 Å². The van der Waals surface area contributed by atoms with Crippen LogP contribution in [0.25, 0.3) is 44.9 Å². The molecule has 1 aliphatic rings. The Bertz CT molecular complexity index is 1730. The predicted molar refractivity (Wildman–Crippen MR) is 153 cm³/mol. The second kappa shape index (κ2) is 9.21. The number of nitrogens with zero attached hydrogens (tertiary/aromatic N) is 3. The van der Waals surface area contributed by atoms with Crippen molar-refractivity contribution in [2.45, 2.75) is 0 Å². The summed E-state index contributed by atoms with van der Waals surface area (Å²) in [5.74, 6) is 2.01. The second-order valence-electron chi connectivity index (χ2n) is 8.84. The van der Waals surface area contributed by atoms with Crippen LogP contribution >= 0.6 is 0 Å². The Kier molecular flexibility index (Phi) is 5.43. The van der Waals surface area contributed by atoms with E-state index in [0.29, 0.717) is 17.5 Å². The topological polar surface area (TPSA) is 50.7 Å². The van der Waals surface area contributed by atoms with Crippen molar-refractivity contribution in [2.75, 3.05) is 5.32 Å². The molecule has 0 saturated carbocycles. The van der Waals surface area contributed by atoms with Gasteiger partial charge >= 0.3 is 209 Å². The molecule has 1 N–H and O–H groups in total. The van der Waals surface area contributed by atoms with Crippen LogP contribution in [0.15, 0.2) is 121 Å². The zero-order valence-electron chi connectivity index (χ0n) is 19.8. The number of nitrogens with one attached hydrogen (secondary N) is 1. The summed E-state index contributed by atoms with van der Waals surface area (Å²) in [6.45, 7) is 0. The van der Waals surface area contributed by atoms with Gasteiger partial charge in [0.1, 0.15) is 0 Å². The molecular formula is C32H21N4Se. The van der Waals surface area contributed by atoms with Crippen LogP contribution in [0.1, 0.15) is 5.56 Å². The molecule has 7 rings (SSSR count). The molecule has 0 saturated heterocycles. The molecule has 1 aromatic heterocycles. The molecule has 37 heavy (non-hydrogen) atoms. The van der Waals surface area contributed by atoms with E-state index in [0.717, 1.165) is 22.1 Å². The average Bonchev–Trinajstić information content (AvgIpc) is 3.43. The molecule has 0 unspecified atom stereocenters. The number of hydrogen-bond donors (Lipinski definition) is 1. The number of benzene rings is 5. The molecule has 4 nitrogen and oxygen atoms in total. The SMILES string of the molecule is c1ccc(C2=[Se]c3ccc4cc(-c5nc(-c6ccccc6)nc(-c6ccccc6)n5)ccc4c3N2)cc1. The van der Waals surface area contributed by atoms with E-state index in [1.165, 1.54) is 25.6 Å². The first kappa shape index (κ1) is 21.8. The molecule has 2 heterocycles. The summed E-state index contributed by atoms with van der Waals surface area (Å²) in [4.78, 5) is 14.6. The van der Waals surface area contributed by atoms with Crippen molar-refractivity contribution in [2.24, 2.45) is 0 Å². The first-order chi connectivity index (χ1) is 18.3. The van der Waals surface area contributed by atoms with Crippen LogP contribution in [0.5, 0.6) is 0 Å². The van der Waals surface area contributed by atoms with Gasteiger partial charge < -0.3 is 0 Å². The Labute approximate surface area is 220 Å². The molecule has 5 aromatic carbocycles. The normalized spacial score (nSPS) is 12.2. The molecule has 0 amide bonds. The van der Waals surface area contributed by atoms with Crippen LogP contribution < -0.4 is 9.78 Å². The Balaban J connectivity index is 1.32. The molecule has 0 spiro atoms. The van der Waals surface area contributed by atoms with Gasteiger partial charge in [0.05, 0.1) is 0 Å². The van der Waals surface area contributed by atoms with E-state index in [1.54, 1.807) is 0 Å². The summed E-state index contributed by atoms with van der Waals surface area (Å²) in [5, 5.41) is 6.10. The van der Waals surface area contributed by atoms with Gasteiger partial charge in [0.2, 0.25) is 0 Å². The number of fused-ring (bicyclic) bond motifs is 3. The zero-order chi connectivity index (χ0) is 24.6. The predicted octanol–water partition coefficient (Wildman–Crippen LogP) is 5.96. The third kappa shape index (κ3) is 4.15. The Morgan fingerprint density at radius 2 is 1.03 bits per heavy atom. The molecule has 0 fully saturated rings. The molecule has 6 aromatic rings. The number of anilines is 1. The standard InChI is InChI=1S/C32H21N4Se/c1-4-10-21(11-5-1)29-34-30(22-12-6-2-7-13-22)36-31(35-29)25-16-18-26-24(20-25)17-19-27-28(26)33-32(37-27)23-14-8-3-9-15-23/h1-20,33H. The Morgan fingerprint density at radius 3 is 1.62 bits per heavy atom. The maximum absolute atomic E-state index is 4.89. The van der Waals surface area contributed by atoms with Crippen molar-refractivity contribution in [1.82, 2.24) is 15.0 Å². The monoisotopic (exact) mass is 541 g/mol. The van der Waals surface area contributed by atoms with Gasteiger partial charge in [-0.2, -0.15) is 0 Å². The minimum absolute atomic E-state index is 0.257. The van der Waals surface area contributed by atoms with Crippen LogP contribution in [-0.2, 0) is 0 Å².